The lowest BCUT2D eigenvalue weighted by molar-refractivity contribution is 0.0934. The minimum atomic E-state index is -3.34. The first kappa shape index (κ1) is 18.8. The zero-order valence-electron chi connectivity index (χ0n) is 16.0. The molecule has 2 aromatic carbocycles. The molecule has 2 heterocycles. The Labute approximate surface area is 166 Å². The van der Waals surface area contributed by atoms with Crippen molar-refractivity contribution in [2.75, 3.05) is 35.1 Å². The zero-order chi connectivity index (χ0) is 19.7. The van der Waals surface area contributed by atoms with Crippen LogP contribution in [0.1, 0.15) is 41.2 Å². The van der Waals surface area contributed by atoms with E-state index in [9.17, 15) is 13.2 Å². The van der Waals surface area contributed by atoms with Gasteiger partial charge in [0.05, 0.1) is 18.0 Å². The van der Waals surface area contributed by atoms with Gasteiger partial charge in [0.2, 0.25) is 10.0 Å². The van der Waals surface area contributed by atoms with E-state index in [1.165, 1.54) is 23.4 Å². The number of rotatable bonds is 4. The van der Waals surface area contributed by atoms with Crippen LogP contribution in [0.15, 0.2) is 48.5 Å². The summed E-state index contributed by atoms with van der Waals surface area (Å²) < 4.78 is 25.6. The molecule has 6 nitrogen and oxygen atoms in total. The molecular weight excluding hydrogens is 374 g/mol. The Morgan fingerprint density at radius 3 is 2.36 bits per heavy atom. The summed E-state index contributed by atoms with van der Waals surface area (Å²) >= 11 is 0. The minimum absolute atomic E-state index is 0.138. The highest BCUT2D eigenvalue weighted by Gasteiger charge is 2.30. The highest BCUT2D eigenvalue weighted by atomic mass is 32.2. The molecule has 2 aliphatic heterocycles. The maximum Gasteiger partial charge on any atom is 0.251 e. The fourth-order valence-electron chi connectivity index (χ4n) is 4.07. The van der Waals surface area contributed by atoms with Crippen molar-refractivity contribution in [1.29, 1.82) is 0 Å². The smallest absolute Gasteiger partial charge is 0.251 e. The Hall–Kier alpha value is -2.54. The molecular formula is C21H25N3O3S. The number of benzene rings is 2. The lowest BCUT2D eigenvalue weighted by atomic mass is 9.97. The molecule has 1 atom stereocenters. The van der Waals surface area contributed by atoms with Gasteiger partial charge in [0.15, 0.2) is 0 Å². The van der Waals surface area contributed by atoms with Crippen molar-refractivity contribution < 1.29 is 13.2 Å². The molecule has 1 unspecified atom stereocenters. The fraction of sp³-hybridized carbons (Fsp3) is 0.381. The summed E-state index contributed by atoms with van der Waals surface area (Å²) in [5.74, 6) is -0.138. The molecule has 0 saturated carbocycles. The number of nitrogens with one attached hydrogen (secondary N) is 1. The van der Waals surface area contributed by atoms with E-state index in [0.717, 1.165) is 24.3 Å². The van der Waals surface area contributed by atoms with E-state index < -0.39 is 10.0 Å². The maximum atomic E-state index is 12.8. The largest absolute Gasteiger partial charge is 0.372 e. The number of nitrogens with zero attached hydrogens (tertiary/aromatic N) is 2. The zero-order valence-corrected chi connectivity index (χ0v) is 16.8. The van der Waals surface area contributed by atoms with Crippen LogP contribution in [0.5, 0.6) is 0 Å². The van der Waals surface area contributed by atoms with Crippen LogP contribution in [0.3, 0.4) is 0 Å². The van der Waals surface area contributed by atoms with Crippen molar-refractivity contribution in [3.8, 4) is 0 Å². The second-order valence-corrected chi connectivity index (χ2v) is 9.36. The summed E-state index contributed by atoms with van der Waals surface area (Å²) in [4.78, 5) is 15.1. The van der Waals surface area contributed by atoms with Crippen molar-refractivity contribution >= 4 is 27.3 Å². The first-order chi connectivity index (χ1) is 13.4. The van der Waals surface area contributed by atoms with Crippen molar-refractivity contribution in [3.05, 3.63) is 59.7 Å². The number of hydrogen-bond donors (Lipinski definition) is 1. The quantitative estimate of drug-likeness (QED) is 0.858. The highest BCUT2D eigenvalue weighted by molar-refractivity contribution is 7.92. The third kappa shape index (κ3) is 3.71. The second-order valence-electron chi connectivity index (χ2n) is 7.45. The van der Waals surface area contributed by atoms with Gasteiger partial charge in [-0.15, -0.1) is 0 Å². The molecule has 0 radical (unpaired) electrons. The number of amides is 1. The number of carbonyl (C=O) groups is 1. The van der Waals surface area contributed by atoms with Crippen LogP contribution in [-0.2, 0) is 10.0 Å². The van der Waals surface area contributed by atoms with Gasteiger partial charge in [0.25, 0.3) is 5.91 Å². The minimum Gasteiger partial charge on any atom is -0.372 e. The van der Waals surface area contributed by atoms with Crippen LogP contribution in [0, 0.1) is 0 Å². The molecule has 4 rings (SSSR count). The van der Waals surface area contributed by atoms with E-state index in [2.05, 4.69) is 10.2 Å². The monoisotopic (exact) mass is 399 g/mol. The first-order valence-corrected chi connectivity index (χ1v) is 11.5. The summed E-state index contributed by atoms with van der Waals surface area (Å²) in [6.07, 6.45) is 4.19. The van der Waals surface area contributed by atoms with E-state index in [4.69, 9.17) is 0 Å². The van der Waals surface area contributed by atoms with E-state index in [0.29, 0.717) is 24.2 Å². The second kappa shape index (κ2) is 7.47. The molecule has 2 aliphatic rings. The molecule has 1 saturated heterocycles. The predicted molar refractivity (Wildman–Crippen MR) is 111 cm³/mol. The van der Waals surface area contributed by atoms with Crippen LogP contribution in [0.2, 0.25) is 0 Å². The highest BCUT2D eigenvalue weighted by Crippen LogP contribution is 2.35. The molecule has 2 aromatic rings. The Balaban J connectivity index is 1.51. The van der Waals surface area contributed by atoms with Gasteiger partial charge in [-0.1, -0.05) is 18.2 Å². The van der Waals surface area contributed by atoms with Gasteiger partial charge in [0.1, 0.15) is 0 Å². The Morgan fingerprint density at radius 2 is 1.68 bits per heavy atom. The van der Waals surface area contributed by atoms with Crippen molar-refractivity contribution in [2.45, 2.75) is 25.3 Å². The average Bonchev–Trinajstić information content (AvgIpc) is 3.22. The summed E-state index contributed by atoms with van der Waals surface area (Å²) in [6, 6.07) is 14.9. The third-order valence-electron chi connectivity index (χ3n) is 5.51. The molecule has 1 N–H and O–H groups in total. The molecule has 1 amide bonds. The lowest BCUT2D eigenvalue weighted by Gasteiger charge is -2.34. The van der Waals surface area contributed by atoms with Crippen LogP contribution < -0.4 is 14.5 Å². The van der Waals surface area contributed by atoms with E-state index in [-0.39, 0.29) is 11.9 Å². The summed E-state index contributed by atoms with van der Waals surface area (Å²) in [7, 11) is -3.34. The van der Waals surface area contributed by atoms with E-state index >= 15 is 0 Å². The Kier molecular flexibility index (Phi) is 5.02. The number of carbonyl (C=O) groups excluding carboxylic acids is 1. The molecule has 148 valence electrons. The van der Waals surface area contributed by atoms with Gasteiger partial charge in [-0.3, -0.25) is 9.10 Å². The third-order valence-corrected chi connectivity index (χ3v) is 6.69. The van der Waals surface area contributed by atoms with E-state index in [1.54, 1.807) is 6.07 Å². The molecule has 7 heteroatoms. The lowest BCUT2D eigenvalue weighted by Crippen LogP contribution is -2.40. The number of anilines is 2. The van der Waals surface area contributed by atoms with Crippen molar-refractivity contribution in [3.63, 3.8) is 0 Å². The SMILES string of the molecule is CS(=O)(=O)N1CCC(NC(=O)c2ccc(N3CCCC3)cc2)c2ccccc21. The van der Waals surface area contributed by atoms with Crippen molar-refractivity contribution in [2.24, 2.45) is 0 Å². The van der Waals surface area contributed by atoms with Gasteiger partial charge >= 0.3 is 0 Å². The van der Waals surface area contributed by atoms with E-state index in [1.807, 2.05) is 42.5 Å². The van der Waals surface area contributed by atoms with Crippen LogP contribution in [0.25, 0.3) is 0 Å². The van der Waals surface area contributed by atoms with Crippen LogP contribution >= 0.6 is 0 Å². The number of para-hydroxylation sites is 1. The van der Waals surface area contributed by atoms with Gasteiger partial charge in [-0.05, 0) is 55.2 Å². The van der Waals surface area contributed by atoms with Crippen molar-refractivity contribution in [1.82, 2.24) is 5.32 Å². The van der Waals surface area contributed by atoms with Gasteiger partial charge in [-0.25, -0.2) is 8.42 Å². The number of sulfonamides is 1. The number of hydrogen-bond acceptors (Lipinski definition) is 4. The first-order valence-electron chi connectivity index (χ1n) is 9.66. The van der Waals surface area contributed by atoms with Crippen LogP contribution in [-0.4, -0.2) is 40.2 Å². The summed E-state index contributed by atoms with van der Waals surface area (Å²) in [5, 5.41) is 3.08. The fourth-order valence-corrected chi connectivity index (χ4v) is 5.03. The molecule has 0 aromatic heterocycles. The summed E-state index contributed by atoms with van der Waals surface area (Å²) in [5.41, 5.74) is 3.25. The Morgan fingerprint density at radius 1 is 1.00 bits per heavy atom. The topological polar surface area (TPSA) is 69.7 Å². The number of fused-ring (bicyclic) bond motifs is 1. The average molecular weight is 400 g/mol. The van der Waals surface area contributed by atoms with Gasteiger partial charge < -0.3 is 10.2 Å². The molecule has 0 aliphatic carbocycles. The maximum absolute atomic E-state index is 12.8. The molecule has 1 fully saturated rings. The van der Waals surface area contributed by atoms with Gasteiger partial charge in [0, 0.05) is 30.9 Å². The Bertz CT molecular complexity index is 967. The molecule has 28 heavy (non-hydrogen) atoms. The summed E-state index contributed by atoms with van der Waals surface area (Å²) in [6.45, 7) is 2.50. The standard InChI is InChI=1S/C21H25N3O3S/c1-28(26,27)24-15-12-19(18-6-2-3-7-20(18)24)22-21(25)16-8-10-17(11-9-16)23-13-4-5-14-23/h2-3,6-11,19H,4-5,12-15H2,1H3,(H,22,25). The predicted octanol–water partition coefficient (Wildman–Crippen LogP) is 2.93. The normalized spacial score (nSPS) is 19.4. The van der Waals surface area contributed by atoms with Crippen LogP contribution in [0.4, 0.5) is 11.4 Å². The molecule has 0 spiro atoms. The molecule has 0 bridgehead atoms. The van der Waals surface area contributed by atoms with Gasteiger partial charge in [-0.2, -0.15) is 0 Å².